The van der Waals surface area contributed by atoms with Crippen molar-refractivity contribution < 1.29 is 18.3 Å². The summed E-state index contributed by atoms with van der Waals surface area (Å²) in [6, 6.07) is 8.38. The Kier molecular flexibility index (Phi) is 4.49. The van der Waals surface area contributed by atoms with Crippen molar-refractivity contribution in [3.8, 4) is 5.75 Å². The summed E-state index contributed by atoms with van der Waals surface area (Å²) in [6.45, 7) is 0.323. The molecule has 0 radical (unpaired) electrons. The van der Waals surface area contributed by atoms with E-state index in [4.69, 9.17) is 10.5 Å². The monoisotopic (exact) mass is 292 g/mol. The fraction of sp³-hybridized carbons (Fsp3) is 0.133. The zero-order chi connectivity index (χ0) is 15.4. The van der Waals surface area contributed by atoms with E-state index >= 15 is 0 Å². The highest BCUT2D eigenvalue weighted by molar-refractivity contribution is 6.05. The van der Waals surface area contributed by atoms with Crippen molar-refractivity contribution in [2.45, 2.75) is 6.54 Å². The first-order chi connectivity index (χ1) is 10.1. The second-order valence-corrected chi connectivity index (χ2v) is 4.29. The van der Waals surface area contributed by atoms with Gasteiger partial charge in [-0.1, -0.05) is 12.1 Å². The van der Waals surface area contributed by atoms with E-state index in [0.717, 1.165) is 11.6 Å². The fourth-order valence-electron chi connectivity index (χ4n) is 1.83. The van der Waals surface area contributed by atoms with Gasteiger partial charge in [0.05, 0.1) is 18.4 Å². The predicted octanol–water partition coefficient (Wildman–Crippen LogP) is 2.68. The van der Waals surface area contributed by atoms with E-state index in [1.165, 1.54) is 19.2 Å². The molecule has 21 heavy (non-hydrogen) atoms. The van der Waals surface area contributed by atoms with Crippen LogP contribution >= 0.6 is 0 Å². The average molecular weight is 292 g/mol. The molecule has 0 aliphatic heterocycles. The summed E-state index contributed by atoms with van der Waals surface area (Å²) < 4.78 is 31.8. The van der Waals surface area contributed by atoms with E-state index in [1.54, 1.807) is 18.2 Å². The smallest absolute Gasteiger partial charge is 0.258 e. The van der Waals surface area contributed by atoms with Crippen LogP contribution < -0.4 is 15.8 Å². The third kappa shape index (κ3) is 3.17. The number of carbonyl (C=O) groups excluding carboxylic acids is 1. The lowest BCUT2D eigenvalue weighted by molar-refractivity contribution is 0.102. The van der Waals surface area contributed by atoms with Crippen LogP contribution in [0.5, 0.6) is 5.75 Å². The zero-order valence-electron chi connectivity index (χ0n) is 11.3. The van der Waals surface area contributed by atoms with Gasteiger partial charge in [0.15, 0.2) is 11.6 Å². The number of hydrogen-bond acceptors (Lipinski definition) is 3. The highest BCUT2D eigenvalue weighted by atomic mass is 19.2. The minimum Gasteiger partial charge on any atom is -0.495 e. The van der Waals surface area contributed by atoms with Gasteiger partial charge in [-0.25, -0.2) is 8.78 Å². The number of methoxy groups -OCH3 is 1. The molecule has 4 nitrogen and oxygen atoms in total. The molecule has 0 fully saturated rings. The Morgan fingerprint density at radius 3 is 2.71 bits per heavy atom. The predicted molar refractivity (Wildman–Crippen MR) is 75.2 cm³/mol. The molecule has 2 aromatic rings. The number of rotatable bonds is 4. The van der Waals surface area contributed by atoms with Gasteiger partial charge < -0.3 is 15.8 Å². The van der Waals surface area contributed by atoms with E-state index in [9.17, 15) is 13.6 Å². The third-order valence-electron chi connectivity index (χ3n) is 2.95. The van der Waals surface area contributed by atoms with Crippen LogP contribution in [0.25, 0.3) is 0 Å². The Balaban J connectivity index is 2.29. The SMILES string of the molecule is COc1cc(CN)ccc1NC(=O)c1cccc(F)c1F. The number of ether oxygens (including phenoxy) is 1. The fourth-order valence-corrected chi connectivity index (χ4v) is 1.83. The lowest BCUT2D eigenvalue weighted by Gasteiger charge is -2.12. The second kappa shape index (κ2) is 6.32. The lowest BCUT2D eigenvalue weighted by atomic mass is 10.1. The molecule has 1 amide bonds. The summed E-state index contributed by atoms with van der Waals surface area (Å²) in [5.74, 6) is -2.63. The molecular formula is C15H14F2N2O2. The van der Waals surface area contributed by atoms with E-state index in [0.29, 0.717) is 18.0 Å². The van der Waals surface area contributed by atoms with E-state index in [-0.39, 0.29) is 5.56 Å². The molecular weight excluding hydrogens is 278 g/mol. The maximum Gasteiger partial charge on any atom is 0.258 e. The van der Waals surface area contributed by atoms with Gasteiger partial charge in [0.2, 0.25) is 0 Å². The number of carbonyl (C=O) groups is 1. The molecule has 0 aromatic heterocycles. The summed E-state index contributed by atoms with van der Waals surface area (Å²) in [4.78, 5) is 12.0. The summed E-state index contributed by atoms with van der Waals surface area (Å²) in [5.41, 5.74) is 6.31. The van der Waals surface area contributed by atoms with Gasteiger partial charge in [0.1, 0.15) is 5.75 Å². The number of amides is 1. The normalized spacial score (nSPS) is 10.3. The Morgan fingerprint density at radius 1 is 1.29 bits per heavy atom. The lowest BCUT2D eigenvalue weighted by Crippen LogP contribution is -2.15. The van der Waals surface area contributed by atoms with Crippen molar-refractivity contribution >= 4 is 11.6 Å². The van der Waals surface area contributed by atoms with Crippen LogP contribution in [0.4, 0.5) is 14.5 Å². The van der Waals surface area contributed by atoms with E-state index in [1.807, 2.05) is 0 Å². The Morgan fingerprint density at radius 2 is 2.05 bits per heavy atom. The summed E-state index contributed by atoms with van der Waals surface area (Å²) in [7, 11) is 1.44. The molecule has 2 rings (SSSR count). The van der Waals surface area contributed by atoms with Gasteiger partial charge in [-0.3, -0.25) is 4.79 Å². The number of halogens is 2. The van der Waals surface area contributed by atoms with Crippen molar-refractivity contribution in [2.75, 3.05) is 12.4 Å². The molecule has 0 atom stereocenters. The van der Waals surface area contributed by atoms with Gasteiger partial charge in [-0.15, -0.1) is 0 Å². The van der Waals surface area contributed by atoms with E-state index in [2.05, 4.69) is 5.32 Å². The number of benzene rings is 2. The first-order valence-electron chi connectivity index (χ1n) is 6.19. The van der Waals surface area contributed by atoms with Crippen LogP contribution in [0, 0.1) is 11.6 Å². The van der Waals surface area contributed by atoms with Crippen molar-refractivity contribution in [1.29, 1.82) is 0 Å². The average Bonchev–Trinajstić information content (AvgIpc) is 2.50. The molecule has 2 aromatic carbocycles. The third-order valence-corrected chi connectivity index (χ3v) is 2.95. The van der Waals surface area contributed by atoms with Gasteiger partial charge in [-0.2, -0.15) is 0 Å². The molecule has 0 saturated carbocycles. The standard InChI is InChI=1S/C15H14F2N2O2/c1-21-13-7-9(8-18)5-6-12(13)19-15(20)10-3-2-4-11(16)14(10)17/h2-7H,8,18H2,1H3,(H,19,20). The molecule has 0 aliphatic carbocycles. The Labute approximate surface area is 120 Å². The maximum absolute atomic E-state index is 13.6. The molecule has 0 saturated heterocycles. The molecule has 110 valence electrons. The first kappa shape index (κ1) is 14.9. The van der Waals surface area contributed by atoms with Gasteiger partial charge in [0.25, 0.3) is 5.91 Å². The number of anilines is 1. The minimum absolute atomic E-state index is 0.323. The number of hydrogen-bond donors (Lipinski definition) is 2. The summed E-state index contributed by atoms with van der Waals surface area (Å²) in [5, 5.41) is 2.49. The van der Waals surface area contributed by atoms with Crippen LogP contribution in [0.3, 0.4) is 0 Å². The molecule has 0 spiro atoms. The van der Waals surface area contributed by atoms with Crippen molar-refractivity contribution in [2.24, 2.45) is 5.73 Å². The second-order valence-electron chi connectivity index (χ2n) is 4.29. The van der Waals surface area contributed by atoms with Crippen molar-refractivity contribution in [3.63, 3.8) is 0 Å². The van der Waals surface area contributed by atoms with Crippen LogP contribution in [0.15, 0.2) is 36.4 Å². The molecule has 0 heterocycles. The van der Waals surface area contributed by atoms with Gasteiger partial charge >= 0.3 is 0 Å². The minimum atomic E-state index is -1.19. The highest BCUT2D eigenvalue weighted by Crippen LogP contribution is 2.26. The summed E-state index contributed by atoms with van der Waals surface area (Å²) >= 11 is 0. The largest absolute Gasteiger partial charge is 0.495 e. The van der Waals surface area contributed by atoms with Gasteiger partial charge in [0, 0.05) is 6.54 Å². The topological polar surface area (TPSA) is 64.3 Å². The number of nitrogens with one attached hydrogen (secondary N) is 1. The van der Waals surface area contributed by atoms with Crippen molar-refractivity contribution in [3.05, 3.63) is 59.2 Å². The van der Waals surface area contributed by atoms with Crippen LogP contribution in [0.2, 0.25) is 0 Å². The quantitative estimate of drug-likeness (QED) is 0.910. The molecule has 6 heteroatoms. The highest BCUT2D eigenvalue weighted by Gasteiger charge is 2.16. The van der Waals surface area contributed by atoms with Crippen molar-refractivity contribution in [1.82, 2.24) is 0 Å². The zero-order valence-corrected chi connectivity index (χ0v) is 11.3. The van der Waals surface area contributed by atoms with Crippen LogP contribution in [0.1, 0.15) is 15.9 Å². The molecule has 0 bridgehead atoms. The maximum atomic E-state index is 13.6. The first-order valence-corrected chi connectivity index (χ1v) is 6.19. The Bertz CT molecular complexity index is 675. The summed E-state index contributed by atoms with van der Waals surface area (Å²) in [6.07, 6.45) is 0. The van der Waals surface area contributed by atoms with Crippen LogP contribution in [-0.4, -0.2) is 13.0 Å². The van der Waals surface area contributed by atoms with Gasteiger partial charge in [-0.05, 0) is 29.8 Å². The Hall–Kier alpha value is -2.47. The van der Waals surface area contributed by atoms with Crippen LogP contribution in [-0.2, 0) is 6.54 Å². The van der Waals surface area contributed by atoms with E-state index < -0.39 is 17.5 Å². The number of nitrogens with two attached hydrogens (primary N) is 1. The molecule has 0 aliphatic rings. The molecule has 3 N–H and O–H groups in total. The molecule has 0 unspecified atom stereocenters.